The van der Waals surface area contributed by atoms with Gasteiger partial charge >= 0.3 is 13.3 Å². The van der Waals surface area contributed by atoms with Gasteiger partial charge in [-0.05, 0) is 63.8 Å². The molecule has 24 heavy (non-hydrogen) atoms. The third-order valence-electron chi connectivity index (χ3n) is 5.38. The molecule has 2 aliphatic rings. The number of nitrogens with zero attached hydrogens (tertiary/aromatic N) is 1. The molecule has 0 amide bonds. The third-order valence-corrected chi connectivity index (χ3v) is 5.38. The maximum atomic E-state index is 13.5. The van der Waals surface area contributed by atoms with Gasteiger partial charge in [-0.1, -0.05) is 6.07 Å². The SMILES string of the molecule is CN1CCc2c(cc(B3OC(C)(C)C(C)(C)O3)cc2C(F)(F)F)C1. The predicted molar refractivity (Wildman–Crippen MR) is 87.2 cm³/mol. The van der Waals surface area contributed by atoms with Gasteiger partial charge in [0, 0.05) is 13.1 Å². The summed E-state index contributed by atoms with van der Waals surface area (Å²) < 4.78 is 52.5. The highest BCUT2D eigenvalue weighted by atomic mass is 19.4. The number of benzene rings is 1. The molecular formula is C17H23BF3NO2. The summed E-state index contributed by atoms with van der Waals surface area (Å²) in [6, 6.07) is 3.01. The second-order valence-corrected chi connectivity index (χ2v) is 7.78. The van der Waals surface area contributed by atoms with Crippen molar-refractivity contribution in [1.29, 1.82) is 0 Å². The molecule has 2 aliphatic heterocycles. The normalized spacial score (nSPS) is 23.4. The fraction of sp³-hybridized carbons (Fsp3) is 0.647. The molecule has 1 saturated heterocycles. The van der Waals surface area contributed by atoms with Crippen molar-refractivity contribution in [1.82, 2.24) is 4.90 Å². The lowest BCUT2D eigenvalue weighted by molar-refractivity contribution is -0.138. The fourth-order valence-corrected chi connectivity index (χ4v) is 3.23. The van der Waals surface area contributed by atoms with Crippen molar-refractivity contribution in [2.75, 3.05) is 13.6 Å². The van der Waals surface area contributed by atoms with E-state index in [1.54, 1.807) is 0 Å². The number of alkyl halides is 3. The number of likely N-dealkylation sites (N-methyl/N-ethyl adjacent to an activating group) is 1. The molecule has 3 nitrogen and oxygen atoms in total. The van der Waals surface area contributed by atoms with E-state index in [9.17, 15) is 13.2 Å². The van der Waals surface area contributed by atoms with Crippen LogP contribution in [0.2, 0.25) is 0 Å². The maximum Gasteiger partial charge on any atom is 0.494 e. The van der Waals surface area contributed by atoms with Crippen LogP contribution in [0.4, 0.5) is 13.2 Å². The first-order valence-corrected chi connectivity index (χ1v) is 8.18. The Morgan fingerprint density at radius 2 is 1.67 bits per heavy atom. The van der Waals surface area contributed by atoms with Crippen LogP contribution in [-0.4, -0.2) is 36.8 Å². The Labute approximate surface area is 141 Å². The monoisotopic (exact) mass is 341 g/mol. The van der Waals surface area contributed by atoms with Gasteiger partial charge in [0.2, 0.25) is 0 Å². The van der Waals surface area contributed by atoms with Gasteiger partial charge in [0.1, 0.15) is 0 Å². The predicted octanol–water partition coefficient (Wildman–Crippen LogP) is 2.99. The van der Waals surface area contributed by atoms with Gasteiger partial charge in [0.05, 0.1) is 16.8 Å². The molecule has 132 valence electrons. The first-order valence-electron chi connectivity index (χ1n) is 8.18. The topological polar surface area (TPSA) is 21.7 Å². The first kappa shape index (κ1) is 17.8. The lowest BCUT2D eigenvalue weighted by atomic mass is 9.75. The van der Waals surface area contributed by atoms with Crippen molar-refractivity contribution in [2.24, 2.45) is 0 Å². The quantitative estimate of drug-likeness (QED) is 0.733. The Hall–Kier alpha value is -1.05. The molecule has 0 bridgehead atoms. The molecule has 2 heterocycles. The molecule has 0 atom stereocenters. The summed E-state index contributed by atoms with van der Waals surface area (Å²) in [5, 5.41) is 0. The summed E-state index contributed by atoms with van der Waals surface area (Å²) in [6.45, 7) is 8.71. The Morgan fingerprint density at radius 1 is 1.08 bits per heavy atom. The van der Waals surface area contributed by atoms with Crippen molar-refractivity contribution in [3.8, 4) is 0 Å². The van der Waals surface area contributed by atoms with Crippen molar-refractivity contribution in [2.45, 2.75) is 58.0 Å². The maximum absolute atomic E-state index is 13.5. The highest BCUT2D eigenvalue weighted by molar-refractivity contribution is 6.62. The molecule has 0 saturated carbocycles. The van der Waals surface area contributed by atoms with Crippen LogP contribution >= 0.6 is 0 Å². The average molecular weight is 341 g/mol. The van der Waals surface area contributed by atoms with E-state index in [0.717, 1.165) is 0 Å². The van der Waals surface area contributed by atoms with Crippen LogP contribution in [-0.2, 0) is 28.5 Å². The Balaban J connectivity index is 2.06. The number of hydrogen-bond donors (Lipinski definition) is 0. The molecule has 1 fully saturated rings. The summed E-state index contributed by atoms with van der Waals surface area (Å²) >= 11 is 0. The van der Waals surface area contributed by atoms with Crippen LogP contribution in [0.5, 0.6) is 0 Å². The minimum atomic E-state index is -4.38. The van der Waals surface area contributed by atoms with Gasteiger partial charge in [0.25, 0.3) is 0 Å². The number of hydrogen-bond acceptors (Lipinski definition) is 3. The zero-order chi connectivity index (χ0) is 17.9. The van der Waals surface area contributed by atoms with Crippen molar-refractivity contribution in [3.05, 3.63) is 28.8 Å². The molecule has 1 aromatic carbocycles. The van der Waals surface area contributed by atoms with Crippen LogP contribution in [0.1, 0.15) is 44.4 Å². The minimum Gasteiger partial charge on any atom is -0.399 e. The lowest BCUT2D eigenvalue weighted by Crippen LogP contribution is -2.41. The molecule has 0 radical (unpaired) electrons. The lowest BCUT2D eigenvalue weighted by Gasteiger charge is -2.32. The van der Waals surface area contributed by atoms with Crippen molar-refractivity contribution >= 4 is 12.6 Å². The van der Waals surface area contributed by atoms with E-state index in [1.165, 1.54) is 6.07 Å². The van der Waals surface area contributed by atoms with Gasteiger partial charge in [-0.3, -0.25) is 0 Å². The van der Waals surface area contributed by atoms with E-state index in [-0.39, 0.29) is 0 Å². The second kappa shape index (κ2) is 5.48. The van der Waals surface area contributed by atoms with E-state index in [2.05, 4.69) is 0 Å². The van der Waals surface area contributed by atoms with E-state index >= 15 is 0 Å². The smallest absolute Gasteiger partial charge is 0.399 e. The molecule has 0 aromatic heterocycles. The van der Waals surface area contributed by atoms with Gasteiger partial charge in [-0.2, -0.15) is 13.2 Å². The van der Waals surface area contributed by atoms with E-state index < -0.39 is 30.1 Å². The molecule has 0 unspecified atom stereocenters. The Bertz CT molecular complexity index is 642. The molecule has 0 spiro atoms. The van der Waals surface area contributed by atoms with Crippen LogP contribution in [0.15, 0.2) is 12.1 Å². The second-order valence-electron chi connectivity index (χ2n) is 7.78. The number of rotatable bonds is 1. The Morgan fingerprint density at radius 3 is 2.21 bits per heavy atom. The highest BCUT2D eigenvalue weighted by Crippen LogP contribution is 2.38. The van der Waals surface area contributed by atoms with Crippen LogP contribution < -0.4 is 5.46 Å². The zero-order valence-electron chi connectivity index (χ0n) is 14.8. The Kier molecular flexibility index (Phi) is 4.05. The summed E-state index contributed by atoms with van der Waals surface area (Å²) in [6.07, 6.45) is -3.97. The van der Waals surface area contributed by atoms with Gasteiger partial charge in [-0.25, -0.2) is 0 Å². The average Bonchev–Trinajstić information content (AvgIpc) is 2.64. The molecule has 7 heteroatoms. The van der Waals surface area contributed by atoms with Gasteiger partial charge < -0.3 is 14.2 Å². The molecular weight excluding hydrogens is 318 g/mol. The van der Waals surface area contributed by atoms with E-state index in [4.69, 9.17) is 9.31 Å². The van der Waals surface area contributed by atoms with E-state index in [0.29, 0.717) is 36.1 Å². The number of fused-ring (bicyclic) bond motifs is 1. The summed E-state index contributed by atoms with van der Waals surface area (Å²) in [7, 11) is 1.13. The standard InChI is InChI=1S/C17H23BF3NO2/c1-15(2)16(3,4)24-18(23-15)12-8-11-10-22(5)7-6-13(11)14(9-12)17(19,20)21/h8-9H,6-7,10H2,1-5H3. The van der Waals surface area contributed by atoms with Crippen molar-refractivity contribution in [3.63, 3.8) is 0 Å². The third kappa shape index (κ3) is 2.98. The van der Waals surface area contributed by atoms with Crippen LogP contribution in [0, 0.1) is 0 Å². The van der Waals surface area contributed by atoms with Crippen LogP contribution in [0.3, 0.4) is 0 Å². The minimum absolute atomic E-state index is 0.404. The largest absolute Gasteiger partial charge is 0.494 e. The summed E-state index contributed by atoms with van der Waals surface area (Å²) in [4.78, 5) is 2.02. The molecule has 1 aromatic rings. The fourth-order valence-electron chi connectivity index (χ4n) is 3.23. The van der Waals surface area contributed by atoms with E-state index in [1.807, 2.05) is 45.7 Å². The van der Waals surface area contributed by atoms with Gasteiger partial charge in [0.15, 0.2) is 0 Å². The van der Waals surface area contributed by atoms with Crippen molar-refractivity contribution < 1.29 is 22.5 Å². The van der Waals surface area contributed by atoms with Gasteiger partial charge in [-0.15, -0.1) is 0 Å². The summed E-state index contributed by atoms with van der Waals surface area (Å²) in [5.41, 5.74) is -0.164. The highest BCUT2D eigenvalue weighted by Gasteiger charge is 2.52. The number of halogens is 3. The zero-order valence-corrected chi connectivity index (χ0v) is 14.8. The molecule has 0 N–H and O–H groups in total. The van der Waals surface area contributed by atoms with Crippen LogP contribution in [0.25, 0.3) is 0 Å². The molecule has 3 rings (SSSR count). The first-order chi connectivity index (χ1) is 10.9. The molecule has 0 aliphatic carbocycles. The summed E-state index contributed by atoms with van der Waals surface area (Å²) in [5.74, 6) is 0.